The number of aliphatic carboxylic acids is 1. The van der Waals surface area contributed by atoms with E-state index >= 15 is 0 Å². The highest BCUT2D eigenvalue weighted by Crippen LogP contribution is 2.30. The fraction of sp³-hybridized carbons (Fsp3) is 0.200. The molecule has 0 radical (unpaired) electrons. The minimum atomic E-state index is -1.22. The third kappa shape index (κ3) is 6.28. The van der Waals surface area contributed by atoms with Gasteiger partial charge >= 0.3 is 5.97 Å². The van der Waals surface area contributed by atoms with Crippen molar-refractivity contribution in [2.45, 2.75) is 20.5 Å². The summed E-state index contributed by atoms with van der Waals surface area (Å²) >= 11 is 2.25. The standard InChI is InChI=1S/C20H20INO5/c1-3-26-19-11-14(10-17(20(24)25)22-13(2)23)8-9-18(19)27-12-15-6-4-5-7-16(15)21/h4-11H,3,12H2,1-2H3,(H,22,23)(H,24,25). The minimum absolute atomic E-state index is 0.211. The normalized spacial score (nSPS) is 11.0. The molecule has 0 saturated carbocycles. The van der Waals surface area contributed by atoms with Crippen LogP contribution in [0.5, 0.6) is 11.5 Å². The number of nitrogens with one attached hydrogen (secondary N) is 1. The SMILES string of the molecule is CCOc1cc(C=C(NC(C)=O)C(=O)O)ccc1OCc1ccccc1I. The van der Waals surface area contributed by atoms with E-state index < -0.39 is 11.9 Å². The fourth-order valence-electron chi connectivity index (χ4n) is 2.28. The van der Waals surface area contributed by atoms with Gasteiger partial charge in [0.25, 0.3) is 0 Å². The van der Waals surface area contributed by atoms with Crippen LogP contribution in [0, 0.1) is 3.57 Å². The number of halogens is 1. The highest BCUT2D eigenvalue weighted by molar-refractivity contribution is 14.1. The molecule has 0 spiro atoms. The Morgan fingerprint density at radius 1 is 1.15 bits per heavy atom. The van der Waals surface area contributed by atoms with Gasteiger partial charge in [0.15, 0.2) is 11.5 Å². The minimum Gasteiger partial charge on any atom is -0.490 e. The van der Waals surface area contributed by atoms with Crippen molar-refractivity contribution in [1.29, 1.82) is 0 Å². The van der Waals surface area contributed by atoms with Crippen LogP contribution in [0.4, 0.5) is 0 Å². The van der Waals surface area contributed by atoms with Gasteiger partial charge in [0, 0.05) is 16.1 Å². The Labute approximate surface area is 171 Å². The third-order valence-corrected chi connectivity index (χ3v) is 4.51. The monoisotopic (exact) mass is 481 g/mol. The van der Waals surface area contributed by atoms with Crippen LogP contribution in [-0.4, -0.2) is 23.6 Å². The summed E-state index contributed by atoms with van der Waals surface area (Å²) in [6.45, 7) is 3.93. The zero-order chi connectivity index (χ0) is 19.8. The van der Waals surface area contributed by atoms with Gasteiger partial charge in [-0.15, -0.1) is 0 Å². The second-order valence-corrected chi connectivity index (χ2v) is 6.73. The lowest BCUT2D eigenvalue weighted by Crippen LogP contribution is -2.24. The molecule has 6 nitrogen and oxygen atoms in total. The van der Waals surface area contributed by atoms with Gasteiger partial charge in [-0.25, -0.2) is 4.79 Å². The molecule has 142 valence electrons. The summed E-state index contributed by atoms with van der Waals surface area (Å²) in [6.07, 6.45) is 1.37. The number of hydrogen-bond donors (Lipinski definition) is 2. The molecule has 0 aromatic heterocycles. The summed E-state index contributed by atoms with van der Waals surface area (Å²) in [7, 11) is 0. The molecule has 1 amide bonds. The molecular formula is C20H20INO5. The number of carbonyl (C=O) groups excluding carboxylic acids is 1. The molecule has 2 N–H and O–H groups in total. The van der Waals surface area contributed by atoms with Crippen molar-refractivity contribution in [3.05, 3.63) is 62.9 Å². The first kappa shape index (κ1) is 20.8. The zero-order valence-corrected chi connectivity index (χ0v) is 17.1. The Balaban J connectivity index is 2.26. The van der Waals surface area contributed by atoms with Crippen LogP contribution < -0.4 is 14.8 Å². The quantitative estimate of drug-likeness (QED) is 0.443. The van der Waals surface area contributed by atoms with E-state index in [9.17, 15) is 14.7 Å². The lowest BCUT2D eigenvalue weighted by molar-refractivity contribution is -0.134. The summed E-state index contributed by atoms with van der Waals surface area (Å²) in [6, 6.07) is 13.0. The van der Waals surface area contributed by atoms with Crippen molar-refractivity contribution >= 4 is 40.5 Å². The van der Waals surface area contributed by atoms with E-state index in [2.05, 4.69) is 27.9 Å². The maximum Gasteiger partial charge on any atom is 0.352 e. The summed E-state index contributed by atoms with van der Waals surface area (Å²) in [5.41, 5.74) is 1.42. The van der Waals surface area contributed by atoms with Gasteiger partial charge in [-0.2, -0.15) is 0 Å². The Kier molecular flexibility index (Phi) is 7.66. The molecule has 2 aromatic carbocycles. The summed E-state index contributed by atoms with van der Waals surface area (Å²) in [5, 5.41) is 11.5. The maximum absolute atomic E-state index is 11.3. The highest BCUT2D eigenvalue weighted by atomic mass is 127. The molecule has 7 heteroatoms. The average Bonchev–Trinajstić information content (AvgIpc) is 2.61. The van der Waals surface area contributed by atoms with Crippen LogP contribution in [-0.2, 0) is 16.2 Å². The van der Waals surface area contributed by atoms with E-state index in [0.717, 1.165) is 9.13 Å². The predicted molar refractivity (Wildman–Crippen MR) is 111 cm³/mol. The Morgan fingerprint density at radius 2 is 1.89 bits per heavy atom. The number of carbonyl (C=O) groups is 2. The van der Waals surface area contributed by atoms with Crippen molar-refractivity contribution in [1.82, 2.24) is 5.32 Å². The van der Waals surface area contributed by atoms with Gasteiger partial charge in [0.1, 0.15) is 12.3 Å². The first-order valence-electron chi connectivity index (χ1n) is 8.26. The summed E-state index contributed by atoms with van der Waals surface area (Å²) in [5.74, 6) is -0.608. The van der Waals surface area contributed by atoms with Crippen LogP contribution in [0.15, 0.2) is 48.2 Å². The number of hydrogen-bond acceptors (Lipinski definition) is 4. The highest BCUT2D eigenvalue weighted by Gasteiger charge is 2.11. The molecule has 0 aliphatic rings. The van der Waals surface area contributed by atoms with Crippen LogP contribution >= 0.6 is 22.6 Å². The smallest absolute Gasteiger partial charge is 0.352 e. The van der Waals surface area contributed by atoms with Crippen molar-refractivity contribution < 1.29 is 24.2 Å². The Bertz CT molecular complexity index is 863. The number of carboxylic acid groups (broad SMARTS) is 1. The topological polar surface area (TPSA) is 84.9 Å². The van der Waals surface area contributed by atoms with E-state index in [1.807, 2.05) is 31.2 Å². The average molecular weight is 481 g/mol. The molecule has 0 unspecified atom stereocenters. The van der Waals surface area contributed by atoms with E-state index in [4.69, 9.17) is 9.47 Å². The Hall–Kier alpha value is -2.55. The van der Waals surface area contributed by atoms with Crippen LogP contribution in [0.1, 0.15) is 25.0 Å². The molecular weight excluding hydrogens is 461 g/mol. The largest absolute Gasteiger partial charge is 0.490 e. The lowest BCUT2D eigenvalue weighted by atomic mass is 10.1. The van der Waals surface area contributed by atoms with Gasteiger partial charge in [0.2, 0.25) is 5.91 Å². The van der Waals surface area contributed by atoms with E-state index in [1.165, 1.54) is 13.0 Å². The van der Waals surface area contributed by atoms with Crippen LogP contribution in [0.25, 0.3) is 6.08 Å². The molecule has 2 rings (SSSR count). The number of carboxylic acids is 1. The van der Waals surface area contributed by atoms with Gasteiger partial charge in [-0.05, 0) is 59.4 Å². The van der Waals surface area contributed by atoms with Crippen molar-refractivity contribution in [2.75, 3.05) is 6.61 Å². The molecule has 0 aliphatic carbocycles. The lowest BCUT2D eigenvalue weighted by Gasteiger charge is -2.13. The van der Waals surface area contributed by atoms with Crippen molar-refractivity contribution in [2.24, 2.45) is 0 Å². The van der Waals surface area contributed by atoms with Crippen molar-refractivity contribution in [3.63, 3.8) is 0 Å². The van der Waals surface area contributed by atoms with Crippen molar-refractivity contribution in [3.8, 4) is 11.5 Å². The predicted octanol–water partition coefficient (Wildman–Crippen LogP) is 3.83. The maximum atomic E-state index is 11.3. The molecule has 0 fully saturated rings. The summed E-state index contributed by atoms with van der Waals surface area (Å²) < 4.78 is 12.6. The molecule has 0 saturated heterocycles. The van der Waals surface area contributed by atoms with E-state index in [-0.39, 0.29) is 5.70 Å². The van der Waals surface area contributed by atoms with E-state index in [1.54, 1.807) is 18.2 Å². The third-order valence-electron chi connectivity index (χ3n) is 3.46. The molecule has 2 aromatic rings. The van der Waals surface area contributed by atoms with Gasteiger partial charge in [-0.3, -0.25) is 4.79 Å². The van der Waals surface area contributed by atoms with Gasteiger partial charge < -0.3 is 19.9 Å². The number of amides is 1. The molecule has 0 aliphatic heterocycles. The fourth-order valence-corrected chi connectivity index (χ4v) is 2.82. The Morgan fingerprint density at radius 3 is 2.52 bits per heavy atom. The van der Waals surface area contributed by atoms with Crippen LogP contribution in [0.3, 0.4) is 0 Å². The molecule has 0 heterocycles. The molecule has 27 heavy (non-hydrogen) atoms. The van der Waals surface area contributed by atoms with Gasteiger partial charge in [-0.1, -0.05) is 24.3 Å². The zero-order valence-electron chi connectivity index (χ0n) is 15.0. The number of rotatable bonds is 8. The molecule has 0 bridgehead atoms. The van der Waals surface area contributed by atoms with Gasteiger partial charge in [0.05, 0.1) is 6.61 Å². The first-order valence-corrected chi connectivity index (χ1v) is 9.34. The summed E-state index contributed by atoms with van der Waals surface area (Å²) in [4.78, 5) is 22.4. The second kappa shape index (κ2) is 9.96. The van der Waals surface area contributed by atoms with E-state index in [0.29, 0.717) is 30.3 Å². The number of ether oxygens (including phenoxy) is 2. The number of benzene rings is 2. The van der Waals surface area contributed by atoms with Crippen LogP contribution in [0.2, 0.25) is 0 Å². The molecule has 0 atom stereocenters. The first-order chi connectivity index (χ1) is 12.9. The second-order valence-electron chi connectivity index (χ2n) is 5.56.